The molecule has 1 aromatic rings. The van der Waals surface area contributed by atoms with Crippen LogP contribution in [0.2, 0.25) is 0 Å². The molecular weight excluding hydrogens is 324 g/mol. The minimum Gasteiger partial charge on any atom is -0.377 e. The molecule has 2 heterocycles. The van der Waals surface area contributed by atoms with Crippen molar-refractivity contribution in [3.8, 4) is 0 Å². The van der Waals surface area contributed by atoms with E-state index in [1.807, 2.05) is 4.90 Å². The van der Waals surface area contributed by atoms with Gasteiger partial charge in [-0.3, -0.25) is 9.69 Å². The zero-order valence-corrected chi connectivity index (χ0v) is 16.7. The zero-order valence-electron chi connectivity index (χ0n) is 16.7. The maximum atomic E-state index is 12.5. The monoisotopic (exact) mass is 358 g/mol. The van der Waals surface area contributed by atoms with Gasteiger partial charge in [-0.1, -0.05) is 45.0 Å². The molecule has 0 aromatic heterocycles. The van der Waals surface area contributed by atoms with Crippen molar-refractivity contribution >= 4 is 5.91 Å². The van der Waals surface area contributed by atoms with Crippen LogP contribution in [0.5, 0.6) is 0 Å². The molecule has 0 radical (unpaired) electrons. The van der Waals surface area contributed by atoms with E-state index in [1.165, 1.54) is 24.0 Å². The van der Waals surface area contributed by atoms with Gasteiger partial charge >= 0.3 is 0 Å². The first-order valence-corrected chi connectivity index (χ1v) is 10.1. The zero-order chi connectivity index (χ0) is 18.6. The molecule has 4 nitrogen and oxygen atoms in total. The lowest BCUT2D eigenvalue weighted by atomic mass is 9.86. The van der Waals surface area contributed by atoms with Crippen LogP contribution in [0.3, 0.4) is 0 Å². The number of hydrogen-bond acceptors (Lipinski definition) is 3. The third kappa shape index (κ3) is 5.31. The molecule has 144 valence electrons. The molecule has 2 aliphatic heterocycles. The van der Waals surface area contributed by atoms with Gasteiger partial charge in [-0.25, -0.2) is 0 Å². The summed E-state index contributed by atoms with van der Waals surface area (Å²) < 4.78 is 5.72. The van der Waals surface area contributed by atoms with Gasteiger partial charge in [0.05, 0.1) is 6.10 Å². The van der Waals surface area contributed by atoms with Gasteiger partial charge in [0.2, 0.25) is 5.91 Å². The Balaban J connectivity index is 1.40. The molecule has 0 N–H and O–H groups in total. The van der Waals surface area contributed by atoms with Crippen LogP contribution in [0.15, 0.2) is 24.3 Å². The molecule has 2 aliphatic rings. The topological polar surface area (TPSA) is 32.8 Å². The second kappa shape index (κ2) is 8.53. The average molecular weight is 359 g/mol. The molecule has 0 bridgehead atoms. The standard InChI is InChI=1S/C22H34N2O2/c1-22(2,3)19-9-6-18(7-10-19)8-11-21(25)24-14-12-23(13-15-24)17-20-5-4-16-26-20/h6-7,9-10,20H,4-5,8,11-17H2,1-3H3. The summed E-state index contributed by atoms with van der Waals surface area (Å²) in [4.78, 5) is 17.0. The predicted octanol–water partition coefficient (Wildman–Crippen LogP) is 3.24. The summed E-state index contributed by atoms with van der Waals surface area (Å²) in [5.41, 5.74) is 2.77. The molecule has 0 aliphatic carbocycles. The molecule has 1 aromatic carbocycles. The number of amides is 1. The number of piperazine rings is 1. The predicted molar refractivity (Wildman–Crippen MR) is 105 cm³/mol. The summed E-state index contributed by atoms with van der Waals surface area (Å²) in [6.45, 7) is 12.3. The fraction of sp³-hybridized carbons (Fsp3) is 0.682. The first-order chi connectivity index (χ1) is 12.4. The van der Waals surface area contributed by atoms with E-state index in [2.05, 4.69) is 49.9 Å². The summed E-state index contributed by atoms with van der Waals surface area (Å²) in [5.74, 6) is 0.293. The van der Waals surface area contributed by atoms with E-state index in [0.29, 0.717) is 18.4 Å². The Kier molecular flexibility index (Phi) is 6.36. The highest BCUT2D eigenvalue weighted by Crippen LogP contribution is 2.22. The number of rotatable bonds is 5. The summed E-state index contributed by atoms with van der Waals surface area (Å²) >= 11 is 0. The summed E-state index contributed by atoms with van der Waals surface area (Å²) in [6.07, 6.45) is 4.24. The Bertz CT molecular complexity index is 577. The molecule has 3 rings (SSSR count). The van der Waals surface area contributed by atoms with E-state index < -0.39 is 0 Å². The molecule has 2 fully saturated rings. The van der Waals surface area contributed by atoms with E-state index in [-0.39, 0.29) is 5.41 Å². The van der Waals surface area contributed by atoms with Crippen LogP contribution in [0.1, 0.15) is 51.2 Å². The van der Waals surface area contributed by atoms with E-state index in [9.17, 15) is 4.79 Å². The normalized spacial score (nSPS) is 22.0. The number of benzene rings is 1. The number of carbonyl (C=O) groups is 1. The van der Waals surface area contributed by atoms with E-state index in [4.69, 9.17) is 4.74 Å². The second-order valence-corrected chi connectivity index (χ2v) is 8.76. The Morgan fingerprint density at radius 2 is 1.81 bits per heavy atom. The fourth-order valence-electron chi connectivity index (χ4n) is 3.84. The highest BCUT2D eigenvalue weighted by atomic mass is 16.5. The quantitative estimate of drug-likeness (QED) is 0.810. The van der Waals surface area contributed by atoms with Crippen LogP contribution < -0.4 is 0 Å². The van der Waals surface area contributed by atoms with Crippen LogP contribution in [0.25, 0.3) is 0 Å². The maximum absolute atomic E-state index is 12.5. The number of hydrogen-bond donors (Lipinski definition) is 0. The van der Waals surface area contributed by atoms with Crippen molar-refractivity contribution in [2.75, 3.05) is 39.3 Å². The van der Waals surface area contributed by atoms with Gasteiger partial charge in [0.1, 0.15) is 0 Å². The van der Waals surface area contributed by atoms with Gasteiger partial charge < -0.3 is 9.64 Å². The lowest BCUT2D eigenvalue weighted by Gasteiger charge is -2.35. The average Bonchev–Trinajstić information content (AvgIpc) is 3.13. The van der Waals surface area contributed by atoms with Crippen LogP contribution in [0.4, 0.5) is 0 Å². The Hall–Kier alpha value is -1.39. The first-order valence-electron chi connectivity index (χ1n) is 10.1. The second-order valence-electron chi connectivity index (χ2n) is 8.76. The Morgan fingerprint density at radius 1 is 1.12 bits per heavy atom. The first kappa shape index (κ1) is 19.4. The molecule has 1 atom stereocenters. The molecule has 1 unspecified atom stereocenters. The number of nitrogens with zero attached hydrogens (tertiary/aromatic N) is 2. The Labute approximate surface area is 158 Å². The van der Waals surface area contributed by atoms with Crippen molar-refractivity contribution in [1.29, 1.82) is 0 Å². The smallest absolute Gasteiger partial charge is 0.222 e. The maximum Gasteiger partial charge on any atom is 0.222 e. The molecule has 2 saturated heterocycles. The molecule has 0 spiro atoms. The van der Waals surface area contributed by atoms with Crippen LogP contribution in [-0.4, -0.2) is 61.1 Å². The SMILES string of the molecule is CC(C)(C)c1ccc(CCC(=O)N2CCN(CC3CCCO3)CC2)cc1. The van der Waals surface area contributed by atoms with Crippen molar-refractivity contribution in [1.82, 2.24) is 9.80 Å². The van der Waals surface area contributed by atoms with Gasteiger partial charge in [0, 0.05) is 45.8 Å². The lowest BCUT2D eigenvalue weighted by Crippen LogP contribution is -2.50. The van der Waals surface area contributed by atoms with Crippen LogP contribution in [-0.2, 0) is 21.4 Å². The third-order valence-electron chi connectivity index (χ3n) is 5.66. The van der Waals surface area contributed by atoms with Crippen molar-refractivity contribution in [3.05, 3.63) is 35.4 Å². The Morgan fingerprint density at radius 3 is 2.38 bits per heavy atom. The van der Waals surface area contributed by atoms with Crippen molar-refractivity contribution < 1.29 is 9.53 Å². The molecule has 1 amide bonds. The molecule has 4 heteroatoms. The summed E-state index contributed by atoms with van der Waals surface area (Å²) in [7, 11) is 0. The van der Waals surface area contributed by atoms with Crippen molar-refractivity contribution in [2.24, 2.45) is 0 Å². The van der Waals surface area contributed by atoms with Gasteiger partial charge in [-0.05, 0) is 35.8 Å². The fourth-order valence-corrected chi connectivity index (χ4v) is 3.84. The third-order valence-corrected chi connectivity index (χ3v) is 5.66. The van der Waals surface area contributed by atoms with Crippen LogP contribution in [0, 0.1) is 0 Å². The largest absolute Gasteiger partial charge is 0.377 e. The van der Waals surface area contributed by atoms with E-state index in [0.717, 1.165) is 45.8 Å². The van der Waals surface area contributed by atoms with Gasteiger partial charge in [0.15, 0.2) is 0 Å². The highest BCUT2D eigenvalue weighted by Gasteiger charge is 2.24. The summed E-state index contributed by atoms with van der Waals surface area (Å²) in [5, 5.41) is 0. The number of ether oxygens (including phenoxy) is 1. The van der Waals surface area contributed by atoms with Gasteiger partial charge in [-0.15, -0.1) is 0 Å². The van der Waals surface area contributed by atoms with Crippen molar-refractivity contribution in [3.63, 3.8) is 0 Å². The molecular formula is C22H34N2O2. The van der Waals surface area contributed by atoms with Gasteiger partial charge in [-0.2, -0.15) is 0 Å². The summed E-state index contributed by atoms with van der Waals surface area (Å²) in [6, 6.07) is 8.74. The lowest BCUT2D eigenvalue weighted by molar-refractivity contribution is -0.133. The van der Waals surface area contributed by atoms with Crippen LogP contribution >= 0.6 is 0 Å². The van der Waals surface area contributed by atoms with Gasteiger partial charge in [0.25, 0.3) is 0 Å². The molecule has 26 heavy (non-hydrogen) atoms. The number of carbonyl (C=O) groups excluding carboxylic acids is 1. The van der Waals surface area contributed by atoms with E-state index in [1.54, 1.807) is 0 Å². The minimum absolute atomic E-state index is 0.178. The van der Waals surface area contributed by atoms with Crippen molar-refractivity contribution in [2.45, 2.75) is 58.0 Å². The van der Waals surface area contributed by atoms with E-state index >= 15 is 0 Å². The number of aryl methyl sites for hydroxylation is 1. The minimum atomic E-state index is 0.178. The highest BCUT2D eigenvalue weighted by molar-refractivity contribution is 5.76. The molecule has 0 saturated carbocycles.